The van der Waals surface area contributed by atoms with Crippen LogP contribution in [0, 0.1) is 5.92 Å². The van der Waals surface area contributed by atoms with Gasteiger partial charge in [-0.3, -0.25) is 0 Å². The predicted molar refractivity (Wildman–Crippen MR) is 79.4 cm³/mol. The molecule has 0 spiro atoms. The van der Waals surface area contributed by atoms with Crippen molar-refractivity contribution < 1.29 is 0 Å². The summed E-state index contributed by atoms with van der Waals surface area (Å²) >= 11 is 12.1. The maximum Gasteiger partial charge on any atom is 0.0595 e. The predicted octanol–water partition coefficient (Wildman–Crippen LogP) is 5.22. The van der Waals surface area contributed by atoms with Crippen molar-refractivity contribution in [2.45, 2.75) is 51.6 Å². The normalized spacial score (nSPS) is 19.3. The summed E-state index contributed by atoms with van der Waals surface area (Å²) < 4.78 is 0. The molecule has 3 heteroatoms. The third-order valence-electron chi connectivity index (χ3n) is 4.08. The Morgan fingerprint density at radius 1 is 1.28 bits per heavy atom. The summed E-state index contributed by atoms with van der Waals surface area (Å²) in [5.74, 6) is 0.849. The third kappa shape index (κ3) is 3.20. The minimum Gasteiger partial charge on any atom is -0.307 e. The topological polar surface area (TPSA) is 12.0 Å². The van der Waals surface area contributed by atoms with Crippen molar-refractivity contribution in [3.8, 4) is 0 Å². The molecule has 0 heterocycles. The molecule has 18 heavy (non-hydrogen) atoms. The molecule has 1 aromatic rings. The molecule has 1 aliphatic rings. The maximum atomic E-state index is 6.09. The zero-order chi connectivity index (χ0) is 13.1. The van der Waals surface area contributed by atoms with Gasteiger partial charge in [0.25, 0.3) is 0 Å². The van der Waals surface area contributed by atoms with Gasteiger partial charge < -0.3 is 5.32 Å². The molecule has 0 aliphatic heterocycles. The molecule has 1 saturated carbocycles. The van der Waals surface area contributed by atoms with Crippen LogP contribution < -0.4 is 5.32 Å². The van der Waals surface area contributed by atoms with Crippen molar-refractivity contribution in [2.75, 3.05) is 0 Å². The van der Waals surface area contributed by atoms with E-state index in [-0.39, 0.29) is 0 Å². The van der Waals surface area contributed by atoms with E-state index in [2.05, 4.69) is 25.2 Å². The van der Waals surface area contributed by atoms with E-state index >= 15 is 0 Å². The average Bonchev–Trinajstić information content (AvgIpc) is 2.27. The molecule has 2 atom stereocenters. The number of rotatable bonds is 5. The van der Waals surface area contributed by atoms with Gasteiger partial charge >= 0.3 is 0 Å². The summed E-state index contributed by atoms with van der Waals surface area (Å²) in [6.07, 6.45) is 5.19. The maximum absolute atomic E-state index is 6.09. The highest BCUT2D eigenvalue weighted by molar-refractivity contribution is 6.42. The van der Waals surface area contributed by atoms with Gasteiger partial charge in [-0.2, -0.15) is 0 Å². The van der Waals surface area contributed by atoms with Crippen LogP contribution >= 0.6 is 23.2 Å². The molecule has 2 rings (SSSR count). The van der Waals surface area contributed by atoms with Crippen LogP contribution in [0.25, 0.3) is 0 Å². The second kappa shape index (κ2) is 6.27. The largest absolute Gasteiger partial charge is 0.307 e. The van der Waals surface area contributed by atoms with Crippen molar-refractivity contribution >= 4 is 23.2 Å². The van der Waals surface area contributed by atoms with Crippen LogP contribution in [0.15, 0.2) is 18.2 Å². The Balaban J connectivity index is 2.04. The van der Waals surface area contributed by atoms with E-state index in [0.717, 1.165) is 12.3 Å². The fraction of sp³-hybridized carbons (Fsp3) is 0.600. The minimum absolute atomic E-state index is 0.371. The van der Waals surface area contributed by atoms with Crippen molar-refractivity contribution in [1.29, 1.82) is 0 Å². The molecule has 1 N–H and O–H groups in total. The van der Waals surface area contributed by atoms with Crippen LogP contribution in [0.2, 0.25) is 10.0 Å². The smallest absolute Gasteiger partial charge is 0.0595 e. The van der Waals surface area contributed by atoms with E-state index in [1.807, 2.05) is 12.1 Å². The molecular weight excluding hydrogens is 265 g/mol. The summed E-state index contributed by atoms with van der Waals surface area (Å²) in [4.78, 5) is 0. The number of nitrogens with one attached hydrogen (secondary N) is 1. The molecule has 1 fully saturated rings. The highest BCUT2D eigenvalue weighted by atomic mass is 35.5. The number of hydrogen-bond donors (Lipinski definition) is 1. The Labute approximate surface area is 120 Å². The molecule has 0 amide bonds. The highest BCUT2D eigenvalue weighted by Crippen LogP contribution is 2.32. The number of benzene rings is 1. The van der Waals surface area contributed by atoms with Crippen LogP contribution in [-0.4, -0.2) is 6.04 Å². The first-order valence-electron chi connectivity index (χ1n) is 6.82. The third-order valence-corrected chi connectivity index (χ3v) is 4.81. The van der Waals surface area contributed by atoms with Crippen LogP contribution in [0.5, 0.6) is 0 Å². The lowest BCUT2D eigenvalue weighted by molar-refractivity contribution is 0.225. The van der Waals surface area contributed by atoms with Crippen molar-refractivity contribution in [3.05, 3.63) is 33.8 Å². The first-order chi connectivity index (χ1) is 8.61. The SMILES string of the molecule is CCC(NC(C)C1CCC1)c1ccc(Cl)c(Cl)c1. The summed E-state index contributed by atoms with van der Waals surface area (Å²) in [6.45, 7) is 4.50. The zero-order valence-electron chi connectivity index (χ0n) is 11.0. The van der Waals surface area contributed by atoms with Crippen LogP contribution in [0.4, 0.5) is 0 Å². The Bertz CT molecular complexity index is 401. The Morgan fingerprint density at radius 2 is 2.00 bits per heavy atom. The minimum atomic E-state index is 0.371. The van der Waals surface area contributed by atoms with Crippen LogP contribution in [-0.2, 0) is 0 Å². The number of halogens is 2. The van der Waals surface area contributed by atoms with Crippen molar-refractivity contribution in [2.24, 2.45) is 5.92 Å². The molecular formula is C15H21Cl2N. The van der Waals surface area contributed by atoms with Crippen molar-refractivity contribution in [3.63, 3.8) is 0 Å². The van der Waals surface area contributed by atoms with E-state index in [9.17, 15) is 0 Å². The summed E-state index contributed by atoms with van der Waals surface area (Å²) in [6, 6.07) is 6.90. The van der Waals surface area contributed by atoms with E-state index in [4.69, 9.17) is 23.2 Å². The molecule has 0 aromatic heterocycles. The lowest BCUT2D eigenvalue weighted by Gasteiger charge is -2.34. The average molecular weight is 286 g/mol. The fourth-order valence-electron chi connectivity index (χ4n) is 2.57. The molecule has 0 radical (unpaired) electrons. The Hall–Kier alpha value is -0.240. The molecule has 2 unspecified atom stereocenters. The molecule has 100 valence electrons. The van der Waals surface area contributed by atoms with E-state index in [1.165, 1.54) is 24.8 Å². The first kappa shape index (κ1) is 14.2. The molecule has 1 aromatic carbocycles. The van der Waals surface area contributed by atoms with Crippen LogP contribution in [0.1, 0.15) is 51.1 Å². The van der Waals surface area contributed by atoms with E-state index in [1.54, 1.807) is 0 Å². The highest BCUT2D eigenvalue weighted by Gasteiger charge is 2.25. The second-order valence-electron chi connectivity index (χ2n) is 5.28. The van der Waals surface area contributed by atoms with Gasteiger partial charge in [-0.25, -0.2) is 0 Å². The van der Waals surface area contributed by atoms with Gasteiger partial charge in [-0.15, -0.1) is 0 Å². The van der Waals surface area contributed by atoms with Crippen LogP contribution in [0.3, 0.4) is 0 Å². The Morgan fingerprint density at radius 3 is 2.50 bits per heavy atom. The quantitative estimate of drug-likeness (QED) is 0.782. The fourth-order valence-corrected chi connectivity index (χ4v) is 2.88. The summed E-state index contributed by atoms with van der Waals surface area (Å²) in [5, 5.41) is 5.00. The van der Waals surface area contributed by atoms with Gasteiger partial charge in [-0.05, 0) is 49.8 Å². The monoisotopic (exact) mass is 285 g/mol. The lowest BCUT2D eigenvalue weighted by atomic mass is 9.80. The first-order valence-corrected chi connectivity index (χ1v) is 7.58. The molecule has 0 saturated heterocycles. The van der Waals surface area contributed by atoms with Gasteiger partial charge in [0.1, 0.15) is 0 Å². The van der Waals surface area contributed by atoms with Gasteiger partial charge in [0.05, 0.1) is 10.0 Å². The summed E-state index contributed by atoms with van der Waals surface area (Å²) in [5.41, 5.74) is 1.23. The summed E-state index contributed by atoms with van der Waals surface area (Å²) in [7, 11) is 0. The standard InChI is InChI=1S/C15H21Cl2N/c1-3-15(18-10(2)11-5-4-6-11)12-7-8-13(16)14(17)9-12/h7-11,15,18H,3-6H2,1-2H3. The molecule has 1 aliphatic carbocycles. The zero-order valence-corrected chi connectivity index (χ0v) is 12.6. The van der Waals surface area contributed by atoms with Crippen molar-refractivity contribution in [1.82, 2.24) is 5.32 Å². The van der Waals surface area contributed by atoms with E-state index in [0.29, 0.717) is 22.1 Å². The second-order valence-corrected chi connectivity index (χ2v) is 6.10. The van der Waals surface area contributed by atoms with E-state index < -0.39 is 0 Å². The van der Waals surface area contributed by atoms with Gasteiger partial charge in [-0.1, -0.05) is 42.6 Å². The molecule has 0 bridgehead atoms. The lowest BCUT2D eigenvalue weighted by Crippen LogP contribution is -2.39. The van der Waals surface area contributed by atoms with Gasteiger partial charge in [0, 0.05) is 12.1 Å². The number of hydrogen-bond acceptors (Lipinski definition) is 1. The molecule has 1 nitrogen and oxygen atoms in total. The Kier molecular flexibility index (Phi) is 4.94. The van der Waals surface area contributed by atoms with Gasteiger partial charge in [0.15, 0.2) is 0 Å². The van der Waals surface area contributed by atoms with Gasteiger partial charge in [0.2, 0.25) is 0 Å².